The van der Waals surface area contributed by atoms with Gasteiger partial charge in [0.2, 0.25) is 0 Å². The highest BCUT2D eigenvalue weighted by molar-refractivity contribution is 7.90. The van der Waals surface area contributed by atoms with Crippen LogP contribution < -0.4 is 10.2 Å². The van der Waals surface area contributed by atoms with E-state index in [-0.39, 0.29) is 5.82 Å². The van der Waals surface area contributed by atoms with Crippen molar-refractivity contribution in [3.8, 4) is 22.6 Å². The number of aliphatic hydroxyl groups is 1. The number of β-amino-alcohol motifs (C(OH)–C–C–N with tert-alkyl or cyclic N) is 1. The summed E-state index contributed by atoms with van der Waals surface area (Å²) >= 11 is 0. The fourth-order valence-corrected chi connectivity index (χ4v) is 6.24. The van der Waals surface area contributed by atoms with Gasteiger partial charge in [-0.25, -0.2) is 28.1 Å². The van der Waals surface area contributed by atoms with E-state index in [9.17, 15) is 22.3 Å². The van der Waals surface area contributed by atoms with E-state index in [1.165, 1.54) is 30.9 Å². The quantitative estimate of drug-likeness (QED) is 0.323. The molecule has 0 radical (unpaired) electrons. The number of hydrogen-bond acceptors (Lipinski definition) is 10. The number of alkyl halides is 2. The van der Waals surface area contributed by atoms with E-state index in [0.717, 1.165) is 10.5 Å². The van der Waals surface area contributed by atoms with E-state index in [2.05, 4.69) is 30.5 Å². The predicted molar refractivity (Wildman–Crippen MR) is 143 cm³/mol. The number of halogens is 2. The SMILES string of the molecule is C[C@]1(O)CCCN(c2cc(Nc3ccnc(-c4cnn(S(=O)(=O)C5CC5)c4)n3)ncc2-c2ccn(C(F)F)n2)C1. The van der Waals surface area contributed by atoms with Crippen molar-refractivity contribution in [1.82, 2.24) is 33.9 Å². The van der Waals surface area contributed by atoms with Crippen molar-refractivity contribution < 1.29 is 22.3 Å². The zero-order valence-electron chi connectivity index (χ0n) is 21.5. The lowest BCUT2D eigenvalue weighted by molar-refractivity contribution is 0.0449. The van der Waals surface area contributed by atoms with Gasteiger partial charge >= 0.3 is 6.55 Å². The Morgan fingerprint density at radius 3 is 2.73 bits per heavy atom. The number of aromatic nitrogens is 7. The molecule has 0 bridgehead atoms. The van der Waals surface area contributed by atoms with Crippen LogP contribution in [-0.4, -0.2) is 71.4 Å². The van der Waals surface area contributed by atoms with E-state index >= 15 is 0 Å². The summed E-state index contributed by atoms with van der Waals surface area (Å²) in [5.74, 6) is 1.11. The standard InChI is InChI=1S/C25H27F2N9O3S/c1-25(37)7-2-9-34(15-25)20-11-22(29-13-18(20)19-6-10-35(33-19)24(26)27)31-21-5-8-28-23(32-21)16-12-30-36(14-16)40(38,39)17-3-4-17/h5-6,8,10-14,17,24,37H,2-4,7,9,15H2,1H3,(H,28,29,31,32)/t25-/m0/s1. The maximum Gasteiger partial charge on any atom is 0.333 e. The second-order valence-corrected chi connectivity index (χ2v) is 12.4. The number of pyridine rings is 1. The zero-order chi connectivity index (χ0) is 28.1. The van der Waals surface area contributed by atoms with Crippen LogP contribution in [0.1, 0.15) is 39.2 Å². The van der Waals surface area contributed by atoms with Gasteiger partial charge < -0.3 is 15.3 Å². The Bertz CT molecular complexity index is 1650. The molecule has 4 aromatic rings. The van der Waals surface area contributed by atoms with Crippen molar-refractivity contribution in [2.45, 2.75) is 50.0 Å². The summed E-state index contributed by atoms with van der Waals surface area (Å²) in [6, 6.07) is 4.91. The molecule has 1 saturated carbocycles. The zero-order valence-corrected chi connectivity index (χ0v) is 22.3. The molecule has 1 aliphatic carbocycles. The van der Waals surface area contributed by atoms with Crippen molar-refractivity contribution in [1.29, 1.82) is 0 Å². The molecular weight excluding hydrogens is 544 g/mol. The van der Waals surface area contributed by atoms with Crippen LogP contribution in [0.25, 0.3) is 22.6 Å². The van der Waals surface area contributed by atoms with Gasteiger partial charge in [0.25, 0.3) is 10.0 Å². The molecule has 0 spiro atoms. The lowest BCUT2D eigenvalue weighted by atomic mass is 9.94. The Morgan fingerprint density at radius 1 is 1.18 bits per heavy atom. The lowest BCUT2D eigenvalue weighted by Crippen LogP contribution is -2.46. The number of piperidine rings is 1. The summed E-state index contributed by atoms with van der Waals surface area (Å²) in [4.78, 5) is 15.2. The molecular formula is C25H27F2N9O3S. The van der Waals surface area contributed by atoms with Crippen molar-refractivity contribution in [2.24, 2.45) is 0 Å². The van der Waals surface area contributed by atoms with Gasteiger partial charge in [-0.1, -0.05) is 0 Å². The molecule has 12 nitrogen and oxygen atoms in total. The fraction of sp³-hybridized carbons (Fsp3) is 0.400. The first-order valence-electron chi connectivity index (χ1n) is 12.8. The molecule has 1 atom stereocenters. The highest BCUT2D eigenvalue weighted by Gasteiger charge is 2.37. The molecule has 2 N–H and O–H groups in total. The lowest BCUT2D eigenvalue weighted by Gasteiger charge is -2.39. The van der Waals surface area contributed by atoms with E-state index in [1.54, 1.807) is 25.3 Å². The first-order valence-corrected chi connectivity index (χ1v) is 14.3. The van der Waals surface area contributed by atoms with Gasteiger partial charge in [0, 0.05) is 43.3 Å². The Labute approximate surface area is 228 Å². The minimum absolute atomic E-state index is 0.281. The van der Waals surface area contributed by atoms with Gasteiger partial charge in [-0.3, -0.25) is 0 Å². The monoisotopic (exact) mass is 571 g/mol. The van der Waals surface area contributed by atoms with Crippen molar-refractivity contribution in [2.75, 3.05) is 23.3 Å². The topological polar surface area (TPSA) is 144 Å². The van der Waals surface area contributed by atoms with Crippen LogP contribution in [0.15, 0.2) is 49.2 Å². The normalized spacial score (nSPS) is 19.8. The van der Waals surface area contributed by atoms with Crippen LogP contribution in [0.2, 0.25) is 0 Å². The Kier molecular flexibility index (Phi) is 6.49. The molecule has 2 fully saturated rings. The number of rotatable bonds is 8. The summed E-state index contributed by atoms with van der Waals surface area (Å²) in [7, 11) is -3.51. The number of nitrogens with one attached hydrogen (secondary N) is 1. The molecule has 0 aromatic carbocycles. The van der Waals surface area contributed by atoms with E-state index < -0.39 is 27.4 Å². The van der Waals surface area contributed by atoms with Gasteiger partial charge in [-0.15, -0.1) is 0 Å². The largest absolute Gasteiger partial charge is 0.388 e. The predicted octanol–water partition coefficient (Wildman–Crippen LogP) is 3.43. The van der Waals surface area contributed by atoms with Crippen LogP contribution in [-0.2, 0) is 10.0 Å². The molecule has 2 aliphatic rings. The summed E-state index contributed by atoms with van der Waals surface area (Å²) in [5.41, 5.74) is 1.10. The van der Waals surface area contributed by atoms with E-state index in [4.69, 9.17) is 0 Å². The molecule has 6 rings (SSSR count). The van der Waals surface area contributed by atoms with Gasteiger partial charge in [0.05, 0.1) is 40.2 Å². The third-order valence-corrected chi connectivity index (χ3v) is 8.95. The van der Waals surface area contributed by atoms with Crippen molar-refractivity contribution in [3.63, 3.8) is 0 Å². The number of hydrogen-bond donors (Lipinski definition) is 2. The molecule has 5 heterocycles. The highest BCUT2D eigenvalue weighted by atomic mass is 32.2. The van der Waals surface area contributed by atoms with E-state index in [1.807, 2.05) is 4.90 Å². The summed E-state index contributed by atoms with van der Waals surface area (Å²) < 4.78 is 52.9. The minimum Gasteiger partial charge on any atom is -0.388 e. The maximum atomic E-state index is 13.2. The Morgan fingerprint density at radius 2 is 2.00 bits per heavy atom. The molecule has 1 aliphatic heterocycles. The molecule has 0 unspecified atom stereocenters. The van der Waals surface area contributed by atoms with Gasteiger partial charge in [-0.2, -0.15) is 23.1 Å². The highest BCUT2D eigenvalue weighted by Crippen LogP contribution is 2.36. The third kappa shape index (κ3) is 5.25. The fourth-order valence-electron chi connectivity index (χ4n) is 4.76. The van der Waals surface area contributed by atoms with Gasteiger partial charge in [0.15, 0.2) is 5.82 Å². The molecule has 210 valence electrons. The minimum atomic E-state index is -3.51. The third-order valence-electron chi connectivity index (χ3n) is 6.92. The summed E-state index contributed by atoms with van der Waals surface area (Å²) in [5, 5.41) is 21.5. The number of anilines is 3. The second-order valence-electron chi connectivity index (χ2n) is 10.3. The van der Waals surface area contributed by atoms with Crippen molar-refractivity contribution in [3.05, 3.63) is 49.2 Å². The van der Waals surface area contributed by atoms with Crippen LogP contribution in [0.4, 0.5) is 26.1 Å². The van der Waals surface area contributed by atoms with E-state index in [0.29, 0.717) is 71.2 Å². The van der Waals surface area contributed by atoms with Gasteiger partial charge in [-0.05, 0) is 44.7 Å². The van der Waals surface area contributed by atoms with Crippen molar-refractivity contribution >= 4 is 27.3 Å². The first kappa shape index (κ1) is 26.3. The van der Waals surface area contributed by atoms with Crippen LogP contribution in [0, 0.1) is 0 Å². The van der Waals surface area contributed by atoms with Crippen LogP contribution in [0.3, 0.4) is 0 Å². The molecule has 1 saturated heterocycles. The summed E-state index contributed by atoms with van der Waals surface area (Å²) in [6.45, 7) is 0.0121. The molecule has 15 heteroatoms. The van der Waals surface area contributed by atoms with Crippen LogP contribution in [0.5, 0.6) is 0 Å². The Hall–Kier alpha value is -3.98. The van der Waals surface area contributed by atoms with Crippen LogP contribution >= 0.6 is 0 Å². The second kappa shape index (κ2) is 9.89. The molecule has 4 aromatic heterocycles. The Balaban J connectivity index is 1.30. The summed E-state index contributed by atoms with van der Waals surface area (Å²) in [6.07, 6.45) is 9.76. The average molecular weight is 572 g/mol. The smallest absolute Gasteiger partial charge is 0.333 e. The average Bonchev–Trinajstić information content (AvgIpc) is 3.45. The molecule has 40 heavy (non-hydrogen) atoms. The first-order chi connectivity index (χ1) is 19.1. The maximum absolute atomic E-state index is 13.2. The number of nitrogens with zero attached hydrogens (tertiary/aromatic N) is 8. The van der Waals surface area contributed by atoms with Gasteiger partial charge in [0.1, 0.15) is 11.6 Å². The molecule has 0 amide bonds.